The normalized spacial score (nSPS) is 26.1. The van der Waals surface area contributed by atoms with E-state index in [0.717, 1.165) is 0 Å². The molecule has 0 radical (unpaired) electrons. The first-order valence-electron chi connectivity index (χ1n) is 6.91. The standard InChI is InChI=1S/C14H24O/c15-14(13-10-6-3-7-11-13)12-8-4-1-2-5-9-12/h12-13H,1-11H2. The molecule has 0 aromatic heterocycles. The van der Waals surface area contributed by atoms with E-state index in [4.69, 9.17) is 0 Å². The minimum absolute atomic E-state index is 0.440. The average molecular weight is 208 g/mol. The summed E-state index contributed by atoms with van der Waals surface area (Å²) in [5, 5.41) is 0. The van der Waals surface area contributed by atoms with Crippen molar-refractivity contribution in [1.82, 2.24) is 0 Å². The maximum atomic E-state index is 12.3. The zero-order valence-corrected chi connectivity index (χ0v) is 9.84. The molecule has 2 saturated carbocycles. The predicted octanol–water partition coefficient (Wildman–Crippen LogP) is 4.11. The van der Waals surface area contributed by atoms with E-state index in [1.54, 1.807) is 0 Å². The monoisotopic (exact) mass is 208 g/mol. The van der Waals surface area contributed by atoms with Crippen LogP contribution in [0.25, 0.3) is 0 Å². The molecule has 86 valence electrons. The van der Waals surface area contributed by atoms with Gasteiger partial charge in [0.2, 0.25) is 0 Å². The van der Waals surface area contributed by atoms with Crippen LogP contribution in [0.5, 0.6) is 0 Å². The van der Waals surface area contributed by atoms with Crippen LogP contribution < -0.4 is 0 Å². The van der Waals surface area contributed by atoms with Crippen molar-refractivity contribution in [2.75, 3.05) is 0 Å². The summed E-state index contributed by atoms with van der Waals surface area (Å²) in [6.45, 7) is 0. The molecule has 1 nitrogen and oxygen atoms in total. The molecular weight excluding hydrogens is 184 g/mol. The smallest absolute Gasteiger partial charge is 0.139 e. The van der Waals surface area contributed by atoms with Crippen LogP contribution in [0.3, 0.4) is 0 Å². The molecule has 2 aliphatic rings. The van der Waals surface area contributed by atoms with Crippen molar-refractivity contribution in [2.24, 2.45) is 11.8 Å². The maximum Gasteiger partial charge on any atom is 0.139 e. The highest BCUT2D eigenvalue weighted by atomic mass is 16.1. The second-order valence-electron chi connectivity index (χ2n) is 5.43. The molecular formula is C14H24O. The first-order valence-corrected chi connectivity index (χ1v) is 6.91. The third-order valence-corrected chi connectivity index (χ3v) is 4.27. The zero-order chi connectivity index (χ0) is 10.5. The van der Waals surface area contributed by atoms with Crippen LogP contribution in [0.1, 0.15) is 70.6 Å². The van der Waals surface area contributed by atoms with E-state index in [1.165, 1.54) is 70.6 Å². The molecule has 0 aromatic rings. The van der Waals surface area contributed by atoms with Gasteiger partial charge in [0.1, 0.15) is 5.78 Å². The van der Waals surface area contributed by atoms with E-state index in [-0.39, 0.29) is 0 Å². The van der Waals surface area contributed by atoms with Crippen LogP contribution in [0.4, 0.5) is 0 Å². The summed E-state index contributed by atoms with van der Waals surface area (Å²) >= 11 is 0. The number of Topliss-reactive ketones (excluding diaryl/α,β-unsaturated/α-hetero) is 1. The van der Waals surface area contributed by atoms with Crippen molar-refractivity contribution >= 4 is 5.78 Å². The van der Waals surface area contributed by atoms with Gasteiger partial charge in [0.25, 0.3) is 0 Å². The number of carbonyl (C=O) groups is 1. The molecule has 0 saturated heterocycles. The van der Waals surface area contributed by atoms with Crippen molar-refractivity contribution in [1.29, 1.82) is 0 Å². The quantitative estimate of drug-likeness (QED) is 0.624. The summed E-state index contributed by atoms with van der Waals surface area (Å²) in [7, 11) is 0. The van der Waals surface area contributed by atoms with Gasteiger partial charge in [0.15, 0.2) is 0 Å². The van der Waals surface area contributed by atoms with Gasteiger partial charge in [-0.2, -0.15) is 0 Å². The topological polar surface area (TPSA) is 17.1 Å². The van der Waals surface area contributed by atoms with Crippen molar-refractivity contribution in [3.05, 3.63) is 0 Å². The Balaban J connectivity index is 1.87. The van der Waals surface area contributed by atoms with Gasteiger partial charge in [-0.15, -0.1) is 0 Å². The Hall–Kier alpha value is -0.330. The highest BCUT2D eigenvalue weighted by Gasteiger charge is 2.28. The summed E-state index contributed by atoms with van der Waals surface area (Å²) in [6, 6.07) is 0. The van der Waals surface area contributed by atoms with Crippen LogP contribution in [0.15, 0.2) is 0 Å². The lowest BCUT2D eigenvalue weighted by atomic mass is 9.79. The Morgan fingerprint density at radius 1 is 0.600 bits per heavy atom. The first kappa shape index (κ1) is 11.2. The number of hydrogen-bond donors (Lipinski definition) is 0. The second-order valence-corrected chi connectivity index (χ2v) is 5.43. The van der Waals surface area contributed by atoms with E-state index < -0.39 is 0 Å². The third kappa shape index (κ3) is 3.06. The van der Waals surface area contributed by atoms with Crippen LogP contribution >= 0.6 is 0 Å². The Morgan fingerprint density at radius 2 is 0.933 bits per heavy atom. The zero-order valence-electron chi connectivity index (χ0n) is 9.84. The fourth-order valence-corrected chi connectivity index (χ4v) is 3.28. The molecule has 0 spiro atoms. The van der Waals surface area contributed by atoms with E-state index in [0.29, 0.717) is 17.6 Å². The molecule has 0 bridgehead atoms. The van der Waals surface area contributed by atoms with Crippen LogP contribution in [-0.4, -0.2) is 5.78 Å². The second kappa shape index (κ2) is 5.67. The van der Waals surface area contributed by atoms with Crippen molar-refractivity contribution in [3.63, 3.8) is 0 Å². The third-order valence-electron chi connectivity index (χ3n) is 4.27. The Morgan fingerprint density at radius 3 is 1.33 bits per heavy atom. The molecule has 2 aliphatic carbocycles. The summed E-state index contributed by atoms with van der Waals surface area (Å²) in [5.41, 5.74) is 0. The number of rotatable bonds is 2. The molecule has 0 heterocycles. The summed E-state index contributed by atoms with van der Waals surface area (Å²) in [5.74, 6) is 1.52. The number of carbonyl (C=O) groups excluding carboxylic acids is 1. The fourth-order valence-electron chi connectivity index (χ4n) is 3.28. The van der Waals surface area contributed by atoms with Gasteiger partial charge in [-0.05, 0) is 25.7 Å². The lowest BCUT2D eigenvalue weighted by molar-refractivity contribution is -0.128. The van der Waals surface area contributed by atoms with Crippen molar-refractivity contribution < 1.29 is 4.79 Å². The van der Waals surface area contributed by atoms with E-state index in [2.05, 4.69) is 0 Å². The SMILES string of the molecule is O=C(C1CCCCCC1)C1CCCCC1. The van der Waals surface area contributed by atoms with Gasteiger partial charge in [-0.25, -0.2) is 0 Å². The van der Waals surface area contributed by atoms with Crippen molar-refractivity contribution in [3.8, 4) is 0 Å². The lowest BCUT2D eigenvalue weighted by Gasteiger charge is -2.24. The van der Waals surface area contributed by atoms with E-state index in [9.17, 15) is 4.79 Å². The molecule has 0 aromatic carbocycles. The Labute approximate surface area is 93.6 Å². The van der Waals surface area contributed by atoms with Gasteiger partial charge >= 0.3 is 0 Å². The minimum atomic E-state index is 0.440. The predicted molar refractivity (Wildman–Crippen MR) is 62.8 cm³/mol. The highest BCUT2D eigenvalue weighted by molar-refractivity contribution is 5.83. The molecule has 15 heavy (non-hydrogen) atoms. The van der Waals surface area contributed by atoms with Crippen molar-refractivity contribution in [2.45, 2.75) is 70.6 Å². The summed E-state index contributed by atoms with van der Waals surface area (Å²) in [6.07, 6.45) is 14.0. The number of hydrogen-bond acceptors (Lipinski definition) is 1. The average Bonchev–Trinajstić information content (AvgIpc) is 2.58. The number of ketones is 1. The largest absolute Gasteiger partial charge is 0.299 e. The van der Waals surface area contributed by atoms with Gasteiger partial charge in [-0.1, -0.05) is 44.9 Å². The molecule has 0 atom stereocenters. The van der Waals surface area contributed by atoms with E-state index >= 15 is 0 Å². The Bertz CT molecular complexity index is 195. The fraction of sp³-hybridized carbons (Fsp3) is 0.929. The van der Waals surface area contributed by atoms with Crippen LogP contribution in [-0.2, 0) is 4.79 Å². The highest BCUT2D eigenvalue weighted by Crippen LogP contribution is 2.31. The Kier molecular flexibility index (Phi) is 4.22. The molecule has 0 N–H and O–H groups in total. The van der Waals surface area contributed by atoms with Gasteiger partial charge < -0.3 is 0 Å². The van der Waals surface area contributed by atoms with Gasteiger partial charge in [0.05, 0.1) is 0 Å². The van der Waals surface area contributed by atoms with Gasteiger partial charge in [-0.3, -0.25) is 4.79 Å². The maximum absolute atomic E-state index is 12.3. The first-order chi connectivity index (χ1) is 7.38. The lowest BCUT2D eigenvalue weighted by Crippen LogP contribution is -2.25. The molecule has 2 rings (SSSR count). The van der Waals surface area contributed by atoms with Gasteiger partial charge in [0, 0.05) is 11.8 Å². The summed E-state index contributed by atoms with van der Waals surface area (Å²) in [4.78, 5) is 12.3. The molecule has 0 amide bonds. The van der Waals surface area contributed by atoms with E-state index in [1.807, 2.05) is 0 Å². The minimum Gasteiger partial charge on any atom is -0.299 e. The summed E-state index contributed by atoms with van der Waals surface area (Å²) < 4.78 is 0. The molecule has 2 fully saturated rings. The molecule has 0 unspecified atom stereocenters. The van der Waals surface area contributed by atoms with Crippen LogP contribution in [0, 0.1) is 11.8 Å². The molecule has 0 aliphatic heterocycles. The van der Waals surface area contributed by atoms with Crippen LogP contribution in [0.2, 0.25) is 0 Å². The molecule has 1 heteroatoms.